The fourth-order valence-corrected chi connectivity index (χ4v) is 1.63. The molecule has 0 spiro atoms. The Morgan fingerprint density at radius 3 is 2.80 bits per heavy atom. The summed E-state index contributed by atoms with van der Waals surface area (Å²) >= 11 is 11.9. The number of halogens is 2. The molecule has 1 heterocycles. The van der Waals surface area contributed by atoms with E-state index in [-0.39, 0.29) is 0 Å². The van der Waals surface area contributed by atoms with E-state index in [1.165, 1.54) is 0 Å². The zero-order chi connectivity index (χ0) is 10.8. The smallest absolute Gasteiger partial charge is 0.0846 e. The van der Waals surface area contributed by atoms with Crippen LogP contribution in [0.15, 0.2) is 30.6 Å². The lowest BCUT2D eigenvalue weighted by molar-refractivity contribution is 0.880. The van der Waals surface area contributed by atoms with E-state index >= 15 is 0 Å². The van der Waals surface area contributed by atoms with Crippen molar-refractivity contribution in [3.63, 3.8) is 0 Å². The van der Waals surface area contributed by atoms with Gasteiger partial charge < -0.3 is 5.73 Å². The van der Waals surface area contributed by atoms with E-state index in [2.05, 4.69) is 5.10 Å². The first kappa shape index (κ1) is 10.5. The Balaban J connectivity index is 2.48. The Kier molecular flexibility index (Phi) is 2.95. The number of benzene rings is 1. The maximum atomic E-state index is 6.03. The van der Waals surface area contributed by atoms with E-state index in [0.29, 0.717) is 16.6 Å². The molecule has 0 radical (unpaired) electrons. The van der Waals surface area contributed by atoms with Crippen molar-refractivity contribution in [1.82, 2.24) is 9.78 Å². The summed E-state index contributed by atoms with van der Waals surface area (Å²) in [5, 5.41) is 5.38. The van der Waals surface area contributed by atoms with Crippen LogP contribution >= 0.6 is 23.2 Å². The van der Waals surface area contributed by atoms with Gasteiger partial charge in [0.05, 0.1) is 16.9 Å². The summed E-state index contributed by atoms with van der Waals surface area (Å²) in [6.45, 7) is 0.457. The first-order chi connectivity index (χ1) is 7.20. The normalized spacial score (nSPS) is 10.6. The molecular weight excluding hydrogens is 233 g/mol. The Morgan fingerprint density at radius 1 is 1.33 bits per heavy atom. The van der Waals surface area contributed by atoms with E-state index in [9.17, 15) is 0 Å². The molecule has 0 saturated carbocycles. The molecule has 1 aromatic heterocycles. The van der Waals surface area contributed by atoms with Gasteiger partial charge >= 0.3 is 0 Å². The zero-order valence-corrected chi connectivity index (χ0v) is 9.33. The number of rotatable bonds is 2. The molecule has 2 aromatic rings. The van der Waals surface area contributed by atoms with Crippen molar-refractivity contribution >= 4 is 23.2 Å². The molecular formula is C10H9Cl2N3. The lowest BCUT2D eigenvalue weighted by Gasteiger charge is -2.04. The molecule has 15 heavy (non-hydrogen) atoms. The van der Waals surface area contributed by atoms with E-state index < -0.39 is 0 Å². The van der Waals surface area contributed by atoms with Gasteiger partial charge in [0.1, 0.15) is 0 Å². The topological polar surface area (TPSA) is 43.8 Å². The summed E-state index contributed by atoms with van der Waals surface area (Å²) in [7, 11) is 0. The number of nitrogens with zero attached hydrogens (tertiary/aromatic N) is 2. The van der Waals surface area contributed by atoms with Crippen molar-refractivity contribution in [2.45, 2.75) is 6.54 Å². The highest BCUT2D eigenvalue weighted by Gasteiger charge is 2.05. The second-order valence-corrected chi connectivity index (χ2v) is 3.94. The first-order valence-electron chi connectivity index (χ1n) is 4.40. The molecule has 0 unspecified atom stereocenters. The first-order valence-corrected chi connectivity index (χ1v) is 5.15. The molecule has 2 rings (SSSR count). The van der Waals surface area contributed by atoms with E-state index in [0.717, 1.165) is 11.3 Å². The lowest BCUT2D eigenvalue weighted by Crippen LogP contribution is -1.96. The van der Waals surface area contributed by atoms with Gasteiger partial charge in [-0.05, 0) is 18.2 Å². The van der Waals surface area contributed by atoms with Crippen molar-refractivity contribution in [2.75, 3.05) is 0 Å². The molecule has 0 amide bonds. The zero-order valence-electron chi connectivity index (χ0n) is 7.82. The summed E-state index contributed by atoms with van der Waals surface area (Å²) in [6.07, 6.45) is 3.54. The number of hydrogen-bond donors (Lipinski definition) is 1. The standard InChI is InChI=1S/C10H9Cl2N3/c11-8-1-2-9(12)10(3-8)15-6-7(4-13)5-14-15/h1-3,5-6H,4,13H2. The van der Waals surface area contributed by atoms with E-state index in [4.69, 9.17) is 28.9 Å². The van der Waals surface area contributed by atoms with Crippen LogP contribution < -0.4 is 5.73 Å². The van der Waals surface area contributed by atoms with Crippen LogP contribution in [-0.2, 0) is 6.54 Å². The summed E-state index contributed by atoms with van der Waals surface area (Å²) in [6, 6.07) is 5.24. The van der Waals surface area contributed by atoms with Crippen LogP contribution in [0.1, 0.15) is 5.56 Å². The van der Waals surface area contributed by atoms with Crippen LogP contribution in [0.3, 0.4) is 0 Å². The Bertz CT molecular complexity index is 479. The van der Waals surface area contributed by atoms with Gasteiger partial charge in [0, 0.05) is 23.3 Å². The molecule has 0 bridgehead atoms. The van der Waals surface area contributed by atoms with Gasteiger partial charge in [-0.25, -0.2) is 4.68 Å². The molecule has 0 aliphatic heterocycles. The van der Waals surface area contributed by atoms with Crippen LogP contribution in [0, 0.1) is 0 Å². The number of aromatic nitrogens is 2. The van der Waals surface area contributed by atoms with Crippen LogP contribution in [0.25, 0.3) is 5.69 Å². The van der Waals surface area contributed by atoms with Gasteiger partial charge in [-0.1, -0.05) is 23.2 Å². The SMILES string of the molecule is NCc1cnn(-c2cc(Cl)ccc2Cl)c1. The largest absolute Gasteiger partial charge is 0.326 e. The molecule has 5 heteroatoms. The molecule has 3 nitrogen and oxygen atoms in total. The highest BCUT2D eigenvalue weighted by molar-refractivity contribution is 6.34. The monoisotopic (exact) mass is 241 g/mol. The molecule has 78 valence electrons. The third-order valence-corrected chi connectivity index (χ3v) is 2.58. The van der Waals surface area contributed by atoms with Crippen molar-refractivity contribution in [3.05, 3.63) is 46.2 Å². The maximum Gasteiger partial charge on any atom is 0.0846 e. The van der Waals surface area contributed by atoms with Crippen LogP contribution in [-0.4, -0.2) is 9.78 Å². The van der Waals surface area contributed by atoms with Crippen molar-refractivity contribution in [2.24, 2.45) is 5.73 Å². The predicted molar refractivity (Wildman–Crippen MR) is 61.5 cm³/mol. The van der Waals surface area contributed by atoms with Gasteiger partial charge in [-0.3, -0.25) is 0 Å². The van der Waals surface area contributed by atoms with Crippen LogP contribution in [0.5, 0.6) is 0 Å². The molecule has 2 N–H and O–H groups in total. The average Bonchev–Trinajstić information content (AvgIpc) is 2.70. The molecule has 0 aliphatic rings. The van der Waals surface area contributed by atoms with Gasteiger partial charge in [0.25, 0.3) is 0 Å². The second kappa shape index (κ2) is 4.23. The Labute approximate surface area is 97.4 Å². The summed E-state index contributed by atoms with van der Waals surface area (Å²) < 4.78 is 1.66. The van der Waals surface area contributed by atoms with E-state index in [1.54, 1.807) is 29.1 Å². The fraction of sp³-hybridized carbons (Fsp3) is 0.100. The second-order valence-electron chi connectivity index (χ2n) is 3.09. The van der Waals surface area contributed by atoms with Gasteiger partial charge in [0.15, 0.2) is 0 Å². The summed E-state index contributed by atoms with van der Waals surface area (Å²) in [5.74, 6) is 0. The van der Waals surface area contributed by atoms with Crippen molar-refractivity contribution in [3.8, 4) is 5.69 Å². The number of hydrogen-bond acceptors (Lipinski definition) is 2. The molecule has 1 aromatic carbocycles. The molecule has 0 saturated heterocycles. The summed E-state index contributed by atoms with van der Waals surface area (Å²) in [5.41, 5.74) is 7.20. The maximum absolute atomic E-state index is 6.03. The van der Waals surface area contributed by atoms with Gasteiger partial charge in [0.2, 0.25) is 0 Å². The molecule has 0 fully saturated rings. The van der Waals surface area contributed by atoms with Gasteiger partial charge in [-0.15, -0.1) is 0 Å². The minimum absolute atomic E-state index is 0.457. The molecule has 0 aliphatic carbocycles. The number of nitrogens with two attached hydrogens (primary N) is 1. The predicted octanol–water partition coefficient (Wildman–Crippen LogP) is 2.64. The van der Waals surface area contributed by atoms with E-state index in [1.807, 2.05) is 6.20 Å². The summed E-state index contributed by atoms with van der Waals surface area (Å²) in [4.78, 5) is 0. The quantitative estimate of drug-likeness (QED) is 0.879. The lowest BCUT2D eigenvalue weighted by atomic mass is 10.3. The minimum atomic E-state index is 0.457. The Morgan fingerprint density at radius 2 is 2.13 bits per heavy atom. The minimum Gasteiger partial charge on any atom is -0.326 e. The van der Waals surface area contributed by atoms with Crippen LogP contribution in [0.4, 0.5) is 0 Å². The van der Waals surface area contributed by atoms with Gasteiger partial charge in [-0.2, -0.15) is 5.10 Å². The molecule has 0 atom stereocenters. The van der Waals surface area contributed by atoms with Crippen molar-refractivity contribution in [1.29, 1.82) is 0 Å². The highest BCUT2D eigenvalue weighted by Crippen LogP contribution is 2.23. The Hall–Kier alpha value is -1.03. The van der Waals surface area contributed by atoms with Crippen molar-refractivity contribution < 1.29 is 0 Å². The average molecular weight is 242 g/mol. The highest BCUT2D eigenvalue weighted by atomic mass is 35.5. The third-order valence-electron chi connectivity index (χ3n) is 2.03. The fourth-order valence-electron chi connectivity index (χ4n) is 1.26. The van der Waals surface area contributed by atoms with Crippen LogP contribution in [0.2, 0.25) is 10.0 Å². The third kappa shape index (κ3) is 2.15.